The average Bonchev–Trinajstić information content (AvgIpc) is 2.19. The van der Waals surface area contributed by atoms with E-state index in [2.05, 4.69) is 0 Å². The number of hydrogen-bond donors (Lipinski definition) is 2. The Hall–Kier alpha value is -1.07. The van der Waals surface area contributed by atoms with E-state index in [0.29, 0.717) is 6.42 Å². The highest BCUT2D eigenvalue weighted by Crippen LogP contribution is 2.09. The van der Waals surface area contributed by atoms with Gasteiger partial charge in [-0.1, -0.05) is 18.6 Å². The smallest absolute Gasteiger partial charge is 0.264 e. The predicted octanol–water partition coefficient (Wildman–Crippen LogP) is 1.87. The van der Waals surface area contributed by atoms with Crippen LogP contribution in [0.15, 0.2) is 24.3 Å². The van der Waals surface area contributed by atoms with Gasteiger partial charge in [-0.25, -0.2) is 0 Å². The number of nitrogens with two attached hydrogens (primary N) is 1. The van der Waals surface area contributed by atoms with Crippen LogP contribution < -0.4 is 5.73 Å². The molecular formula is C11H17NO3S. The molecule has 0 amide bonds. The highest BCUT2D eigenvalue weighted by molar-refractivity contribution is 7.85. The van der Waals surface area contributed by atoms with Crippen molar-refractivity contribution in [2.24, 2.45) is 0 Å². The number of rotatable bonds is 6. The largest absolute Gasteiger partial charge is 0.399 e. The molecule has 0 radical (unpaired) electrons. The van der Waals surface area contributed by atoms with Gasteiger partial charge >= 0.3 is 0 Å². The molecule has 4 nitrogen and oxygen atoms in total. The van der Waals surface area contributed by atoms with E-state index in [4.69, 9.17) is 10.3 Å². The van der Waals surface area contributed by atoms with E-state index < -0.39 is 10.1 Å². The van der Waals surface area contributed by atoms with Crippen molar-refractivity contribution in [3.05, 3.63) is 29.8 Å². The second kappa shape index (κ2) is 5.86. The molecule has 90 valence electrons. The SMILES string of the molecule is Nc1ccc(CCCCCS(=O)(=O)O)cc1. The van der Waals surface area contributed by atoms with Crippen LogP contribution in [0.5, 0.6) is 0 Å². The fourth-order valence-electron chi connectivity index (χ4n) is 1.47. The van der Waals surface area contributed by atoms with Crippen molar-refractivity contribution in [2.75, 3.05) is 11.5 Å². The number of nitrogen functional groups attached to an aromatic ring is 1. The van der Waals surface area contributed by atoms with Gasteiger partial charge in [0, 0.05) is 5.69 Å². The molecule has 1 rings (SSSR count). The minimum Gasteiger partial charge on any atom is -0.399 e. The molecule has 3 N–H and O–H groups in total. The first-order chi connectivity index (χ1) is 7.47. The van der Waals surface area contributed by atoms with Gasteiger partial charge < -0.3 is 5.73 Å². The van der Waals surface area contributed by atoms with Gasteiger partial charge in [-0.05, 0) is 37.0 Å². The Morgan fingerprint density at radius 3 is 2.25 bits per heavy atom. The number of anilines is 1. The average molecular weight is 243 g/mol. The summed E-state index contributed by atoms with van der Waals surface area (Å²) in [6, 6.07) is 7.65. The summed E-state index contributed by atoms with van der Waals surface area (Å²) in [5.74, 6) is -0.144. The molecule has 0 aliphatic heterocycles. The molecule has 0 aromatic heterocycles. The van der Waals surface area contributed by atoms with Gasteiger partial charge in [-0.3, -0.25) is 4.55 Å². The van der Waals surface area contributed by atoms with Crippen LogP contribution in [-0.4, -0.2) is 18.7 Å². The van der Waals surface area contributed by atoms with Gasteiger partial charge in [0.25, 0.3) is 10.1 Å². The minimum absolute atomic E-state index is 0.144. The fraction of sp³-hybridized carbons (Fsp3) is 0.455. The Labute approximate surface area is 96.2 Å². The Kier molecular flexibility index (Phi) is 4.76. The summed E-state index contributed by atoms with van der Waals surface area (Å²) in [5, 5.41) is 0. The lowest BCUT2D eigenvalue weighted by molar-refractivity contribution is 0.479. The van der Waals surface area contributed by atoms with Crippen LogP contribution in [-0.2, 0) is 16.5 Å². The van der Waals surface area contributed by atoms with Crippen molar-refractivity contribution in [1.82, 2.24) is 0 Å². The Bertz CT molecular complexity index is 411. The minimum atomic E-state index is -3.79. The fourth-order valence-corrected chi connectivity index (χ4v) is 2.04. The van der Waals surface area contributed by atoms with Crippen LogP contribution in [0.3, 0.4) is 0 Å². The van der Waals surface area contributed by atoms with Crippen LogP contribution in [0.25, 0.3) is 0 Å². The quantitative estimate of drug-likeness (QED) is 0.454. The first kappa shape index (κ1) is 13.0. The van der Waals surface area contributed by atoms with Gasteiger partial charge in [0.1, 0.15) is 0 Å². The van der Waals surface area contributed by atoms with Crippen molar-refractivity contribution < 1.29 is 13.0 Å². The molecule has 0 aliphatic carbocycles. The highest BCUT2D eigenvalue weighted by atomic mass is 32.2. The van der Waals surface area contributed by atoms with E-state index in [1.807, 2.05) is 24.3 Å². The maximum atomic E-state index is 10.4. The Morgan fingerprint density at radius 1 is 1.06 bits per heavy atom. The lowest BCUT2D eigenvalue weighted by atomic mass is 10.1. The van der Waals surface area contributed by atoms with Crippen LogP contribution in [0.2, 0.25) is 0 Å². The standard InChI is InChI=1S/C11H17NO3S/c12-11-7-5-10(6-8-11)4-2-1-3-9-16(13,14)15/h5-8H,1-4,9,12H2,(H,13,14,15). The second-order valence-electron chi connectivity index (χ2n) is 3.84. The van der Waals surface area contributed by atoms with Crippen molar-refractivity contribution in [3.8, 4) is 0 Å². The molecule has 0 saturated carbocycles. The zero-order chi connectivity index (χ0) is 12.0. The van der Waals surface area contributed by atoms with Crippen molar-refractivity contribution in [1.29, 1.82) is 0 Å². The zero-order valence-corrected chi connectivity index (χ0v) is 9.91. The maximum absolute atomic E-state index is 10.4. The zero-order valence-electron chi connectivity index (χ0n) is 9.09. The van der Waals surface area contributed by atoms with Gasteiger partial charge in [-0.2, -0.15) is 8.42 Å². The molecule has 1 aromatic rings. The van der Waals surface area contributed by atoms with E-state index in [1.54, 1.807) is 0 Å². The maximum Gasteiger partial charge on any atom is 0.264 e. The molecule has 5 heteroatoms. The van der Waals surface area contributed by atoms with E-state index >= 15 is 0 Å². The van der Waals surface area contributed by atoms with Crippen LogP contribution in [0.4, 0.5) is 5.69 Å². The summed E-state index contributed by atoms with van der Waals surface area (Å²) in [5.41, 5.74) is 7.50. The van der Waals surface area contributed by atoms with Crippen molar-refractivity contribution in [3.63, 3.8) is 0 Å². The molecule has 0 spiro atoms. The van der Waals surface area contributed by atoms with Crippen LogP contribution >= 0.6 is 0 Å². The van der Waals surface area contributed by atoms with E-state index in [-0.39, 0.29) is 5.75 Å². The molecular weight excluding hydrogens is 226 g/mol. The molecule has 1 aromatic carbocycles. The normalized spacial score (nSPS) is 11.6. The van der Waals surface area contributed by atoms with Gasteiger partial charge in [0.2, 0.25) is 0 Å². The summed E-state index contributed by atoms with van der Waals surface area (Å²) in [6.07, 6.45) is 3.13. The third-order valence-electron chi connectivity index (χ3n) is 2.35. The van der Waals surface area contributed by atoms with Gasteiger partial charge in [0.15, 0.2) is 0 Å². The molecule has 0 bridgehead atoms. The third-order valence-corrected chi connectivity index (χ3v) is 3.15. The van der Waals surface area contributed by atoms with Crippen LogP contribution in [0.1, 0.15) is 24.8 Å². The molecule has 0 atom stereocenters. The number of aryl methyl sites for hydroxylation is 1. The monoisotopic (exact) mass is 243 g/mol. The van der Waals surface area contributed by atoms with E-state index in [0.717, 1.165) is 24.9 Å². The predicted molar refractivity (Wildman–Crippen MR) is 64.8 cm³/mol. The second-order valence-corrected chi connectivity index (χ2v) is 5.41. The summed E-state index contributed by atoms with van der Waals surface area (Å²) in [4.78, 5) is 0. The lowest BCUT2D eigenvalue weighted by Crippen LogP contribution is -2.03. The Morgan fingerprint density at radius 2 is 1.69 bits per heavy atom. The number of unbranched alkanes of at least 4 members (excludes halogenated alkanes) is 2. The molecule has 0 aliphatic rings. The van der Waals surface area contributed by atoms with E-state index in [9.17, 15) is 8.42 Å². The number of benzene rings is 1. The van der Waals surface area contributed by atoms with Crippen molar-refractivity contribution >= 4 is 15.8 Å². The van der Waals surface area contributed by atoms with Gasteiger partial charge in [0.05, 0.1) is 5.75 Å². The molecule has 0 heterocycles. The molecule has 0 unspecified atom stereocenters. The summed E-state index contributed by atoms with van der Waals surface area (Å²) < 4.78 is 29.4. The topological polar surface area (TPSA) is 80.4 Å². The molecule has 0 saturated heterocycles. The lowest BCUT2D eigenvalue weighted by Gasteiger charge is -2.01. The van der Waals surface area contributed by atoms with Gasteiger partial charge in [-0.15, -0.1) is 0 Å². The van der Waals surface area contributed by atoms with Crippen LogP contribution in [0, 0.1) is 0 Å². The molecule has 16 heavy (non-hydrogen) atoms. The third kappa shape index (κ3) is 5.72. The van der Waals surface area contributed by atoms with Crippen molar-refractivity contribution in [2.45, 2.75) is 25.7 Å². The first-order valence-electron chi connectivity index (χ1n) is 5.27. The summed E-state index contributed by atoms with van der Waals surface area (Å²) in [7, 11) is -3.79. The first-order valence-corrected chi connectivity index (χ1v) is 6.88. The summed E-state index contributed by atoms with van der Waals surface area (Å²) >= 11 is 0. The molecule has 0 fully saturated rings. The summed E-state index contributed by atoms with van der Waals surface area (Å²) in [6.45, 7) is 0. The van der Waals surface area contributed by atoms with E-state index in [1.165, 1.54) is 5.56 Å². The number of hydrogen-bond acceptors (Lipinski definition) is 3. The highest BCUT2D eigenvalue weighted by Gasteiger charge is 2.03. The Balaban J connectivity index is 2.19.